The van der Waals surface area contributed by atoms with E-state index in [4.69, 9.17) is 0 Å². The highest BCUT2D eigenvalue weighted by atomic mass is 15.0. The molecule has 1 aromatic rings. The van der Waals surface area contributed by atoms with Crippen molar-refractivity contribution in [1.82, 2.24) is 20.6 Å². The van der Waals surface area contributed by atoms with Gasteiger partial charge in [0.25, 0.3) is 0 Å². The lowest BCUT2D eigenvalue weighted by Gasteiger charge is -2.26. The third-order valence-corrected chi connectivity index (χ3v) is 2.81. The average Bonchev–Trinajstić information content (AvgIpc) is 2.31. The molecule has 1 saturated heterocycles. The smallest absolute Gasteiger partial charge is 0.0753 e. The van der Waals surface area contributed by atoms with E-state index in [1.807, 2.05) is 6.20 Å². The van der Waals surface area contributed by atoms with E-state index in [1.165, 1.54) is 12.8 Å². The first-order valence-electron chi connectivity index (χ1n) is 5.59. The van der Waals surface area contributed by atoms with Gasteiger partial charge in [0.15, 0.2) is 0 Å². The largest absolute Gasteiger partial charge is 0.315 e. The third kappa shape index (κ3) is 2.97. The number of nitrogens with one attached hydrogen (secondary N) is 2. The Labute approximate surface area is 90.5 Å². The van der Waals surface area contributed by atoms with Gasteiger partial charge in [-0.2, -0.15) is 0 Å². The molecule has 2 N–H and O–H groups in total. The van der Waals surface area contributed by atoms with Gasteiger partial charge in [-0.25, -0.2) is 0 Å². The van der Waals surface area contributed by atoms with Crippen molar-refractivity contribution in [3.8, 4) is 0 Å². The predicted molar refractivity (Wildman–Crippen MR) is 59.5 cm³/mol. The van der Waals surface area contributed by atoms with Gasteiger partial charge in [-0.3, -0.25) is 9.97 Å². The van der Waals surface area contributed by atoms with Crippen LogP contribution in [0.15, 0.2) is 18.6 Å². The Morgan fingerprint density at radius 2 is 2.47 bits per heavy atom. The quantitative estimate of drug-likeness (QED) is 0.771. The summed E-state index contributed by atoms with van der Waals surface area (Å²) in [7, 11) is 0. The summed E-state index contributed by atoms with van der Waals surface area (Å²) in [6.45, 7) is 4.35. The first-order chi connectivity index (χ1) is 7.36. The van der Waals surface area contributed by atoms with E-state index in [1.54, 1.807) is 12.4 Å². The number of aromatic nitrogens is 2. The van der Waals surface area contributed by atoms with Crippen LogP contribution in [0.2, 0.25) is 0 Å². The maximum Gasteiger partial charge on any atom is 0.0753 e. The Bertz CT molecular complexity index is 282. The monoisotopic (exact) mass is 206 g/mol. The summed E-state index contributed by atoms with van der Waals surface area (Å²) >= 11 is 0. The van der Waals surface area contributed by atoms with Crippen molar-refractivity contribution in [2.75, 3.05) is 13.1 Å². The summed E-state index contributed by atoms with van der Waals surface area (Å²) in [6.07, 6.45) is 7.78. The zero-order chi connectivity index (χ0) is 10.5. The molecule has 2 rings (SSSR count). The zero-order valence-corrected chi connectivity index (χ0v) is 9.11. The number of hydrogen-bond acceptors (Lipinski definition) is 4. The minimum atomic E-state index is 0.281. The molecule has 82 valence electrons. The minimum Gasteiger partial charge on any atom is -0.315 e. The molecule has 0 saturated carbocycles. The van der Waals surface area contributed by atoms with E-state index in [2.05, 4.69) is 27.5 Å². The molecule has 0 unspecified atom stereocenters. The first kappa shape index (κ1) is 10.5. The second-order valence-corrected chi connectivity index (χ2v) is 4.06. The topological polar surface area (TPSA) is 49.8 Å². The lowest BCUT2D eigenvalue weighted by atomic mass is 10.1. The van der Waals surface area contributed by atoms with Crippen molar-refractivity contribution >= 4 is 0 Å². The van der Waals surface area contributed by atoms with E-state index in [-0.39, 0.29) is 6.04 Å². The number of piperidine rings is 1. The molecule has 0 radical (unpaired) electrons. The molecule has 1 fully saturated rings. The number of nitrogens with zero attached hydrogens (tertiary/aromatic N) is 2. The van der Waals surface area contributed by atoms with Crippen LogP contribution in [0.3, 0.4) is 0 Å². The fraction of sp³-hybridized carbons (Fsp3) is 0.636. The van der Waals surface area contributed by atoms with Crippen molar-refractivity contribution in [2.45, 2.75) is 31.8 Å². The Morgan fingerprint density at radius 1 is 1.53 bits per heavy atom. The number of hydrogen-bond donors (Lipinski definition) is 2. The first-order valence-corrected chi connectivity index (χ1v) is 5.59. The SMILES string of the molecule is C[C@@H](N[C@H]1CCCNC1)c1cnccn1. The Morgan fingerprint density at radius 3 is 3.13 bits per heavy atom. The molecular formula is C11H18N4. The van der Waals surface area contributed by atoms with Gasteiger partial charge in [-0.1, -0.05) is 0 Å². The second-order valence-electron chi connectivity index (χ2n) is 4.06. The highest BCUT2D eigenvalue weighted by molar-refractivity contribution is 5.01. The molecule has 1 aromatic heterocycles. The number of rotatable bonds is 3. The Kier molecular flexibility index (Phi) is 3.64. The third-order valence-electron chi connectivity index (χ3n) is 2.81. The standard InChI is InChI=1S/C11H18N4/c1-9(11-8-13-5-6-14-11)15-10-3-2-4-12-7-10/h5-6,8-10,12,15H,2-4,7H2,1H3/t9-,10+/m1/s1. The van der Waals surface area contributed by atoms with Gasteiger partial charge < -0.3 is 10.6 Å². The zero-order valence-electron chi connectivity index (χ0n) is 9.11. The van der Waals surface area contributed by atoms with E-state index < -0.39 is 0 Å². The van der Waals surface area contributed by atoms with E-state index in [9.17, 15) is 0 Å². The lowest BCUT2D eigenvalue weighted by molar-refractivity contribution is 0.359. The van der Waals surface area contributed by atoms with Crippen LogP contribution in [-0.4, -0.2) is 29.1 Å². The molecule has 4 heteroatoms. The summed E-state index contributed by atoms with van der Waals surface area (Å²) in [6, 6.07) is 0.847. The van der Waals surface area contributed by atoms with Crippen LogP contribution in [0.25, 0.3) is 0 Å². The van der Waals surface area contributed by atoms with Gasteiger partial charge in [0, 0.05) is 37.2 Å². The van der Waals surface area contributed by atoms with Crippen LogP contribution in [0.4, 0.5) is 0 Å². The van der Waals surface area contributed by atoms with Gasteiger partial charge in [0.1, 0.15) is 0 Å². The molecule has 1 aliphatic heterocycles. The Hall–Kier alpha value is -1.00. The minimum absolute atomic E-state index is 0.281. The molecule has 0 spiro atoms. The molecule has 0 aliphatic carbocycles. The van der Waals surface area contributed by atoms with Crippen molar-refractivity contribution < 1.29 is 0 Å². The highest BCUT2D eigenvalue weighted by Gasteiger charge is 2.16. The molecule has 2 heterocycles. The van der Waals surface area contributed by atoms with Crippen LogP contribution >= 0.6 is 0 Å². The summed E-state index contributed by atoms with van der Waals surface area (Å²) in [5.74, 6) is 0. The van der Waals surface area contributed by atoms with Crippen LogP contribution in [0, 0.1) is 0 Å². The van der Waals surface area contributed by atoms with Crippen LogP contribution in [-0.2, 0) is 0 Å². The van der Waals surface area contributed by atoms with Gasteiger partial charge in [0.2, 0.25) is 0 Å². The van der Waals surface area contributed by atoms with Gasteiger partial charge in [-0.15, -0.1) is 0 Å². The van der Waals surface area contributed by atoms with Crippen molar-refractivity contribution in [2.24, 2.45) is 0 Å². The fourth-order valence-electron chi connectivity index (χ4n) is 1.97. The molecule has 2 atom stereocenters. The van der Waals surface area contributed by atoms with Crippen LogP contribution < -0.4 is 10.6 Å². The van der Waals surface area contributed by atoms with Crippen molar-refractivity contribution in [1.29, 1.82) is 0 Å². The van der Waals surface area contributed by atoms with Gasteiger partial charge >= 0.3 is 0 Å². The average molecular weight is 206 g/mol. The van der Waals surface area contributed by atoms with Crippen molar-refractivity contribution in [3.05, 3.63) is 24.3 Å². The summed E-state index contributed by atoms with van der Waals surface area (Å²) in [4.78, 5) is 8.38. The maximum atomic E-state index is 4.30. The predicted octanol–water partition coefficient (Wildman–Crippen LogP) is 0.879. The summed E-state index contributed by atoms with van der Waals surface area (Å²) < 4.78 is 0. The van der Waals surface area contributed by atoms with E-state index >= 15 is 0 Å². The molecule has 0 aromatic carbocycles. The van der Waals surface area contributed by atoms with E-state index in [0.29, 0.717) is 6.04 Å². The molecule has 15 heavy (non-hydrogen) atoms. The Balaban J connectivity index is 1.88. The summed E-state index contributed by atoms with van der Waals surface area (Å²) in [5, 5.41) is 6.96. The van der Waals surface area contributed by atoms with Gasteiger partial charge in [0.05, 0.1) is 5.69 Å². The second kappa shape index (κ2) is 5.19. The molecule has 4 nitrogen and oxygen atoms in total. The van der Waals surface area contributed by atoms with Crippen molar-refractivity contribution in [3.63, 3.8) is 0 Å². The fourth-order valence-corrected chi connectivity index (χ4v) is 1.97. The maximum absolute atomic E-state index is 4.30. The summed E-state index contributed by atoms with van der Waals surface area (Å²) in [5.41, 5.74) is 1.02. The molecular weight excluding hydrogens is 188 g/mol. The van der Waals surface area contributed by atoms with Crippen LogP contribution in [0.5, 0.6) is 0 Å². The normalized spacial score (nSPS) is 23.7. The highest BCUT2D eigenvalue weighted by Crippen LogP contribution is 2.11. The van der Waals surface area contributed by atoms with Crippen LogP contribution in [0.1, 0.15) is 31.5 Å². The van der Waals surface area contributed by atoms with Gasteiger partial charge in [-0.05, 0) is 26.3 Å². The van der Waals surface area contributed by atoms with E-state index in [0.717, 1.165) is 18.8 Å². The molecule has 0 bridgehead atoms. The lowest BCUT2D eigenvalue weighted by Crippen LogP contribution is -2.44. The molecule has 1 aliphatic rings. The molecule has 0 amide bonds.